The van der Waals surface area contributed by atoms with Crippen LogP contribution in [0, 0.1) is 17.2 Å². The van der Waals surface area contributed by atoms with Gasteiger partial charge >= 0.3 is 0 Å². The fourth-order valence-electron chi connectivity index (χ4n) is 2.15. The van der Waals surface area contributed by atoms with Gasteiger partial charge in [0, 0.05) is 12.5 Å². The van der Waals surface area contributed by atoms with Crippen molar-refractivity contribution in [3.63, 3.8) is 0 Å². The molecule has 0 amide bonds. The molecule has 1 aromatic carbocycles. The third-order valence-electron chi connectivity index (χ3n) is 4.10. The predicted molar refractivity (Wildman–Crippen MR) is 77.4 cm³/mol. The molecule has 0 saturated carbocycles. The number of hydrogen-bond donors (Lipinski definition) is 2. The van der Waals surface area contributed by atoms with Gasteiger partial charge in [0.1, 0.15) is 5.82 Å². The molecule has 1 aromatic rings. The summed E-state index contributed by atoms with van der Waals surface area (Å²) in [5, 5.41) is 10.4. The first kappa shape index (κ1) is 16.1. The summed E-state index contributed by atoms with van der Waals surface area (Å²) in [4.78, 5) is 0. The number of halogens is 1. The molecule has 3 heteroatoms. The minimum atomic E-state index is -0.615. The molecule has 2 nitrogen and oxygen atoms in total. The summed E-state index contributed by atoms with van der Waals surface area (Å²) in [6, 6.07) is 6.55. The van der Waals surface area contributed by atoms with Crippen molar-refractivity contribution < 1.29 is 9.50 Å². The van der Waals surface area contributed by atoms with Crippen LogP contribution in [-0.2, 0) is 0 Å². The molecule has 0 saturated heterocycles. The Bertz CT molecular complexity index is 400. The van der Waals surface area contributed by atoms with Crippen LogP contribution in [0.5, 0.6) is 0 Å². The molecule has 0 aromatic heterocycles. The van der Waals surface area contributed by atoms with Crippen LogP contribution < -0.4 is 5.73 Å². The molecular weight excluding hydrogens is 241 g/mol. The second-order valence-corrected chi connectivity index (χ2v) is 6.43. The highest BCUT2D eigenvalue weighted by Crippen LogP contribution is 2.33. The second kappa shape index (κ2) is 6.49. The third-order valence-corrected chi connectivity index (χ3v) is 4.10. The number of aliphatic hydroxyl groups is 1. The van der Waals surface area contributed by atoms with Crippen molar-refractivity contribution in [2.24, 2.45) is 17.1 Å². The van der Waals surface area contributed by atoms with E-state index in [-0.39, 0.29) is 23.7 Å². The fourth-order valence-corrected chi connectivity index (χ4v) is 2.15. The van der Waals surface area contributed by atoms with Crippen molar-refractivity contribution in [1.29, 1.82) is 0 Å². The molecule has 0 spiro atoms. The van der Waals surface area contributed by atoms with E-state index in [9.17, 15) is 9.50 Å². The van der Waals surface area contributed by atoms with Gasteiger partial charge in [0.05, 0.1) is 6.10 Å². The molecule has 0 radical (unpaired) electrons. The maximum atomic E-state index is 13.8. The summed E-state index contributed by atoms with van der Waals surface area (Å²) >= 11 is 0. The van der Waals surface area contributed by atoms with E-state index in [1.165, 1.54) is 6.07 Å². The Labute approximate surface area is 115 Å². The molecule has 0 aliphatic rings. The maximum absolute atomic E-state index is 13.8. The molecule has 3 unspecified atom stereocenters. The standard InChI is InChI=1S/C16H26FNO/c1-11(16(2,3)4)9-15(19)13(10-18)12-7-5-6-8-14(12)17/h5-8,11,13,15,19H,9-10,18H2,1-4H3. The quantitative estimate of drug-likeness (QED) is 0.860. The Morgan fingerprint density at radius 3 is 2.32 bits per heavy atom. The number of benzene rings is 1. The third kappa shape index (κ3) is 4.29. The van der Waals surface area contributed by atoms with Crippen molar-refractivity contribution >= 4 is 0 Å². The van der Waals surface area contributed by atoms with Gasteiger partial charge in [0.2, 0.25) is 0 Å². The lowest BCUT2D eigenvalue weighted by atomic mass is 9.76. The second-order valence-electron chi connectivity index (χ2n) is 6.43. The SMILES string of the molecule is CC(CC(O)C(CN)c1ccccc1F)C(C)(C)C. The van der Waals surface area contributed by atoms with E-state index in [2.05, 4.69) is 27.7 Å². The molecule has 108 valence electrons. The summed E-state index contributed by atoms with van der Waals surface area (Å²) in [6.07, 6.45) is 0.0100. The number of aliphatic hydroxyl groups excluding tert-OH is 1. The van der Waals surface area contributed by atoms with Crippen LogP contribution >= 0.6 is 0 Å². The smallest absolute Gasteiger partial charge is 0.126 e. The molecule has 1 rings (SSSR count). The van der Waals surface area contributed by atoms with Gasteiger partial charge in [0.15, 0.2) is 0 Å². The Hall–Kier alpha value is -0.930. The highest BCUT2D eigenvalue weighted by Gasteiger charge is 2.28. The number of nitrogens with two attached hydrogens (primary N) is 1. The topological polar surface area (TPSA) is 46.2 Å². The van der Waals surface area contributed by atoms with Crippen LogP contribution in [0.25, 0.3) is 0 Å². The largest absolute Gasteiger partial charge is 0.392 e. The lowest BCUT2D eigenvalue weighted by Crippen LogP contribution is -2.31. The van der Waals surface area contributed by atoms with Crippen LogP contribution in [0.4, 0.5) is 4.39 Å². The van der Waals surface area contributed by atoms with Gasteiger partial charge in [-0.15, -0.1) is 0 Å². The van der Waals surface area contributed by atoms with Crippen LogP contribution in [0.15, 0.2) is 24.3 Å². The van der Waals surface area contributed by atoms with Crippen molar-refractivity contribution in [2.75, 3.05) is 6.54 Å². The highest BCUT2D eigenvalue weighted by atomic mass is 19.1. The van der Waals surface area contributed by atoms with Crippen molar-refractivity contribution in [1.82, 2.24) is 0 Å². The van der Waals surface area contributed by atoms with Gasteiger partial charge < -0.3 is 10.8 Å². The van der Waals surface area contributed by atoms with Crippen LogP contribution in [-0.4, -0.2) is 17.8 Å². The first-order valence-corrected chi connectivity index (χ1v) is 6.90. The van der Waals surface area contributed by atoms with Gasteiger partial charge in [-0.25, -0.2) is 4.39 Å². The fraction of sp³-hybridized carbons (Fsp3) is 0.625. The van der Waals surface area contributed by atoms with Gasteiger partial charge in [-0.2, -0.15) is 0 Å². The minimum absolute atomic E-state index is 0.120. The average Bonchev–Trinajstić information content (AvgIpc) is 2.31. The van der Waals surface area contributed by atoms with Gasteiger partial charge in [0.25, 0.3) is 0 Å². The summed E-state index contributed by atoms with van der Waals surface area (Å²) < 4.78 is 13.8. The zero-order chi connectivity index (χ0) is 14.6. The first-order valence-electron chi connectivity index (χ1n) is 6.90. The summed E-state index contributed by atoms with van der Waals surface area (Å²) in [5.74, 6) is -0.297. The first-order chi connectivity index (χ1) is 8.77. The van der Waals surface area contributed by atoms with Crippen LogP contribution in [0.2, 0.25) is 0 Å². The van der Waals surface area contributed by atoms with Gasteiger partial charge in [-0.1, -0.05) is 45.9 Å². The van der Waals surface area contributed by atoms with Crippen LogP contribution in [0.1, 0.15) is 45.6 Å². The Morgan fingerprint density at radius 1 is 1.26 bits per heavy atom. The van der Waals surface area contributed by atoms with Gasteiger partial charge in [-0.3, -0.25) is 0 Å². The Balaban J connectivity index is 2.84. The zero-order valence-electron chi connectivity index (χ0n) is 12.4. The zero-order valence-corrected chi connectivity index (χ0v) is 12.4. The van der Waals surface area contributed by atoms with Crippen molar-refractivity contribution in [2.45, 2.75) is 46.1 Å². The van der Waals surface area contributed by atoms with E-state index in [0.29, 0.717) is 17.9 Å². The lowest BCUT2D eigenvalue weighted by Gasteiger charge is -2.32. The van der Waals surface area contributed by atoms with E-state index in [0.717, 1.165) is 0 Å². The normalized spacial score (nSPS) is 17.0. The Morgan fingerprint density at radius 2 is 1.84 bits per heavy atom. The predicted octanol–water partition coefficient (Wildman–Crippen LogP) is 3.30. The molecule has 0 aliphatic carbocycles. The molecule has 0 fully saturated rings. The molecule has 0 bridgehead atoms. The Kier molecular flexibility index (Phi) is 5.50. The minimum Gasteiger partial charge on any atom is -0.392 e. The number of hydrogen-bond acceptors (Lipinski definition) is 2. The summed E-state index contributed by atoms with van der Waals surface area (Å²) in [7, 11) is 0. The maximum Gasteiger partial charge on any atom is 0.126 e. The van der Waals surface area contributed by atoms with Crippen LogP contribution in [0.3, 0.4) is 0 Å². The van der Waals surface area contributed by atoms with E-state index >= 15 is 0 Å². The average molecular weight is 267 g/mol. The molecule has 3 N–H and O–H groups in total. The van der Waals surface area contributed by atoms with E-state index in [4.69, 9.17) is 5.73 Å². The molecule has 0 aliphatic heterocycles. The van der Waals surface area contributed by atoms with E-state index in [1.807, 2.05) is 0 Å². The van der Waals surface area contributed by atoms with Crippen molar-refractivity contribution in [3.8, 4) is 0 Å². The molecular formula is C16H26FNO. The van der Waals surface area contributed by atoms with Gasteiger partial charge in [-0.05, 0) is 29.4 Å². The van der Waals surface area contributed by atoms with E-state index in [1.54, 1.807) is 18.2 Å². The molecule has 19 heavy (non-hydrogen) atoms. The lowest BCUT2D eigenvalue weighted by molar-refractivity contribution is 0.0884. The molecule has 3 atom stereocenters. The van der Waals surface area contributed by atoms with Crippen molar-refractivity contribution in [3.05, 3.63) is 35.6 Å². The van der Waals surface area contributed by atoms with E-state index < -0.39 is 6.10 Å². The number of rotatable bonds is 5. The highest BCUT2D eigenvalue weighted by molar-refractivity contribution is 5.23. The summed E-state index contributed by atoms with van der Waals surface area (Å²) in [6.45, 7) is 8.79. The molecule has 0 heterocycles. The summed E-state index contributed by atoms with van der Waals surface area (Å²) in [5.41, 5.74) is 6.37. The monoisotopic (exact) mass is 267 g/mol.